The molecule has 2 aromatic rings. The number of carbonyl (C=O) groups excluding carboxylic acids is 1. The van der Waals surface area contributed by atoms with Crippen molar-refractivity contribution in [3.63, 3.8) is 0 Å². The Bertz CT molecular complexity index is 765. The first-order chi connectivity index (χ1) is 12.1. The number of thiocarbonyl (C=S) groups is 1. The van der Waals surface area contributed by atoms with Crippen LogP contribution in [0.3, 0.4) is 0 Å². The molecule has 25 heavy (non-hydrogen) atoms. The normalized spacial score (nSPS) is 19.3. The van der Waals surface area contributed by atoms with Crippen molar-refractivity contribution in [2.75, 3.05) is 25.1 Å². The van der Waals surface area contributed by atoms with E-state index >= 15 is 0 Å². The maximum absolute atomic E-state index is 13.0. The Morgan fingerprint density at radius 3 is 2.68 bits per heavy atom. The van der Waals surface area contributed by atoms with E-state index in [1.54, 1.807) is 18.2 Å². The zero-order valence-corrected chi connectivity index (χ0v) is 14.4. The predicted molar refractivity (Wildman–Crippen MR) is 99.0 cm³/mol. The summed E-state index contributed by atoms with van der Waals surface area (Å²) < 4.78 is 11.2. The molecule has 1 aliphatic heterocycles. The van der Waals surface area contributed by atoms with Crippen LogP contribution in [0.1, 0.15) is 16.8 Å². The summed E-state index contributed by atoms with van der Waals surface area (Å²) in [6.45, 7) is -0.0261. The van der Waals surface area contributed by atoms with Crippen molar-refractivity contribution < 1.29 is 19.4 Å². The van der Waals surface area contributed by atoms with E-state index in [1.165, 1.54) is 0 Å². The number of hydrogen-bond donors (Lipinski definition) is 2. The minimum absolute atomic E-state index is 0.0152. The summed E-state index contributed by atoms with van der Waals surface area (Å²) in [6, 6.07) is 16.4. The minimum atomic E-state index is -1.07. The molecule has 1 unspecified atom stereocenters. The molecule has 1 heterocycles. The molecular formula is C19H19NO4S. The van der Waals surface area contributed by atoms with Gasteiger partial charge in [-0.3, -0.25) is 4.79 Å². The highest BCUT2D eigenvalue weighted by Gasteiger charge is 2.42. The Balaban J connectivity index is 1.72. The van der Waals surface area contributed by atoms with Crippen LogP contribution in [0.15, 0.2) is 54.6 Å². The number of carbonyl (C=O) groups is 1. The molecule has 0 aromatic heterocycles. The van der Waals surface area contributed by atoms with Crippen molar-refractivity contribution >= 4 is 28.9 Å². The van der Waals surface area contributed by atoms with Gasteiger partial charge in [-0.15, -0.1) is 0 Å². The predicted octanol–water partition coefficient (Wildman–Crippen LogP) is 3.04. The molecule has 0 saturated heterocycles. The SMILES string of the molecule is O=C1c2ccccc2OCCC1(CO)COC(=S)Nc1ccccc1. The number of benzene rings is 2. The van der Waals surface area contributed by atoms with Gasteiger partial charge in [0, 0.05) is 5.69 Å². The second-order valence-corrected chi connectivity index (χ2v) is 6.30. The van der Waals surface area contributed by atoms with E-state index in [4.69, 9.17) is 21.7 Å². The highest BCUT2D eigenvalue weighted by atomic mass is 32.1. The fourth-order valence-corrected chi connectivity index (χ4v) is 2.93. The average molecular weight is 357 g/mol. The van der Waals surface area contributed by atoms with Crippen molar-refractivity contribution in [3.05, 3.63) is 60.2 Å². The van der Waals surface area contributed by atoms with E-state index < -0.39 is 5.41 Å². The maximum atomic E-state index is 13.0. The molecule has 2 N–H and O–H groups in total. The van der Waals surface area contributed by atoms with Gasteiger partial charge >= 0.3 is 0 Å². The first-order valence-electron chi connectivity index (χ1n) is 8.01. The molecule has 2 aromatic carbocycles. The van der Waals surface area contributed by atoms with E-state index in [1.807, 2.05) is 36.4 Å². The Labute approximate surface area is 151 Å². The highest BCUT2D eigenvalue weighted by molar-refractivity contribution is 7.80. The first-order valence-corrected chi connectivity index (χ1v) is 8.42. The van der Waals surface area contributed by atoms with Gasteiger partial charge in [-0.05, 0) is 42.9 Å². The third-order valence-corrected chi connectivity index (χ3v) is 4.47. The molecule has 3 rings (SSSR count). The quantitative estimate of drug-likeness (QED) is 0.820. The standard InChI is InChI=1S/C19H19NO4S/c21-12-19(13-24-18(25)20-14-6-2-1-3-7-14)10-11-23-16-9-5-4-8-15(16)17(19)22/h1-9,21H,10-13H2,(H,20,25). The molecule has 0 radical (unpaired) electrons. The van der Waals surface area contributed by atoms with E-state index in [0.29, 0.717) is 24.3 Å². The molecule has 0 bridgehead atoms. The second kappa shape index (κ2) is 7.63. The van der Waals surface area contributed by atoms with Crippen molar-refractivity contribution in [2.24, 2.45) is 5.41 Å². The van der Waals surface area contributed by atoms with Gasteiger partial charge in [-0.25, -0.2) is 0 Å². The van der Waals surface area contributed by atoms with Crippen LogP contribution >= 0.6 is 12.2 Å². The smallest absolute Gasteiger partial charge is 0.261 e. The Morgan fingerprint density at radius 2 is 1.92 bits per heavy atom. The van der Waals surface area contributed by atoms with Crippen LogP contribution in [0, 0.1) is 5.41 Å². The van der Waals surface area contributed by atoms with Crippen LogP contribution in [-0.2, 0) is 4.74 Å². The zero-order chi connectivity index (χ0) is 17.7. The molecule has 0 amide bonds. The lowest BCUT2D eigenvalue weighted by Crippen LogP contribution is -2.41. The van der Waals surface area contributed by atoms with Gasteiger partial charge in [0.2, 0.25) is 0 Å². The lowest BCUT2D eigenvalue weighted by molar-refractivity contribution is 0.0381. The minimum Gasteiger partial charge on any atom is -0.493 e. The van der Waals surface area contributed by atoms with Crippen LogP contribution in [0.5, 0.6) is 5.75 Å². The topological polar surface area (TPSA) is 67.8 Å². The zero-order valence-electron chi connectivity index (χ0n) is 13.6. The highest BCUT2D eigenvalue weighted by Crippen LogP contribution is 2.35. The van der Waals surface area contributed by atoms with Crippen molar-refractivity contribution in [1.82, 2.24) is 0 Å². The van der Waals surface area contributed by atoms with Gasteiger partial charge in [0.15, 0.2) is 5.78 Å². The monoisotopic (exact) mass is 357 g/mol. The number of fused-ring (bicyclic) bond motifs is 1. The van der Waals surface area contributed by atoms with Crippen LogP contribution in [0.4, 0.5) is 5.69 Å². The number of para-hydroxylation sites is 2. The Kier molecular flexibility index (Phi) is 5.31. The van der Waals surface area contributed by atoms with E-state index in [0.717, 1.165) is 5.69 Å². The number of rotatable bonds is 4. The molecule has 0 aliphatic carbocycles. The van der Waals surface area contributed by atoms with Crippen LogP contribution in [0.2, 0.25) is 0 Å². The molecule has 1 aliphatic rings. The summed E-state index contributed by atoms with van der Waals surface area (Å²) in [5.41, 5.74) is 0.181. The third-order valence-electron chi connectivity index (χ3n) is 4.25. The molecule has 5 nitrogen and oxygen atoms in total. The summed E-state index contributed by atoms with van der Waals surface area (Å²) in [5.74, 6) is 0.346. The molecular weight excluding hydrogens is 338 g/mol. The van der Waals surface area contributed by atoms with E-state index in [9.17, 15) is 9.90 Å². The summed E-state index contributed by atoms with van der Waals surface area (Å²) in [6.07, 6.45) is 0.352. The Morgan fingerprint density at radius 1 is 1.20 bits per heavy atom. The summed E-state index contributed by atoms with van der Waals surface area (Å²) in [4.78, 5) is 13.0. The van der Waals surface area contributed by atoms with Crippen LogP contribution in [0.25, 0.3) is 0 Å². The summed E-state index contributed by atoms with van der Waals surface area (Å²) >= 11 is 5.19. The second-order valence-electron chi connectivity index (χ2n) is 5.93. The molecule has 6 heteroatoms. The summed E-state index contributed by atoms with van der Waals surface area (Å²) in [7, 11) is 0. The molecule has 0 spiro atoms. The van der Waals surface area contributed by atoms with Gasteiger partial charge in [0.25, 0.3) is 5.17 Å². The largest absolute Gasteiger partial charge is 0.493 e. The maximum Gasteiger partial charge on any atom is 0.261 e. The number of Topliss-reactive ketones (excluding diaryl/α,β-unsaturated/α-hetero) is 1. The van der Waals surface area contributed by atoms with Gasteiger partial charge in [0.1, 0.15) is 12.4 Å². The van der Waals surface area contributed by atoms with Crippen molar-refractivity contribution in [3.8, 4) is 5.75 Å². The van der Waals surface area contributed by atoms with Crippen molar-refractivity contribution in [2.45, 2.75) is 6.42 Å². The molecule has 1 atom stereocenters. The summed E-state index contributed by atoms with van der Waals surface area (Å²) in [5, 5.41) is 13.1. The number of ether oxygens (including phenoxy) is 2. The fraction of sp³-hybridized carbons (Fsp3) is 0.263. The lowest BCUT2D eigenvalue weighted by atomic mass is 9.79. The third kappa shape index (κ3) is 3.81. The number of anilines is 1. The van der Waals surface area contributed by atoms with Gasteiger partial charge in [0.05, 0.1) is 24.2 Å². The van der Waals surface area contributed by atoms with Crippen molar-refractivity contribution in [1.29, 1.82) is 0 Å². The van der Waals surface area contributed by atoms with Gasteiger partial charge in [-0.1, -0.05) is 30.3 Å². The molecule has 0 saturated carbocycles. The first kappa shape index (κ1) is 17.4. The fourth-order valence-electron chi connectivity index (χ4n) is 2.75. The molecule has 130 valence electrons. The van der Waals surface area contributed by atoms with Crippen LogP contribution < -0.4 is 10.1 Å². The average Bonchev–Trinajstić information content (AvgIpc) is 2.78. The van der Waals surface area contributed by atoms with Gasteiger partial charge < -0.3 is 19.9 Å². The number of nitrogens with one attached hydrogen (secondary N) is 1. The lowest BCUT2D eigenvalue weighted by Gasteiger charge is -2.28. The number of aliphatic hydroxyl groups is 1. The number of hydrogen-bond acceptors (Lipinski definition) is 5. The Hall–Kier alpha value is -2.44. The van der Waals surface area contributed by atoms with Gasteiger partial charge in [-0.2, -0.15) is 0 Å². The van der Waals surface area contributed by atoms with E-state index in [-0.39, 0.29) is 24.2 Å². The molecule has 0 fully saturated rings. The van der Waals surface area contributed by atoms with Crippen LogP contribution in [-0.4, -0.2) is 35.9 Å². The number of aliphatic hydroxyl groups excluding tert-OH is 1. The van der Waals surface area contributed by atoms with E-state index in [2.05, 4.69) is 5.32 Å². The number of ketones is 1.